The molecule has 0 amide bonds. The van der Waals surface area contributed by atoms with Crippen LogP contribution >= 0.6 is 0 Å². The summed E-state index contributed by atoms with van der Waals surface area (Å²) < 4.78 is 0. The highest BCUT2D eigenvalue weighted by Gasteiger charge is 2.25. The van der Waals surface area contributed by atoms with Gasteiger partial charge in [0.2, 0.25) is 0 Å². The van der Waals surface area contributed by atoms with Crippen molar-refractivity contribution in [3.63, 3.8) is 0 Å². The van der Waals surface area contributed by atoms with E-state index in [2.05, 4.69) is 37.6 Å². The average molecular weight is 182 g/mol. The molecule has 0 aromatic heterocycles. The minimum Gasteiger partial charge on any atom is -0.296 e. The SMILES string of the molecule is CC(C)=NCC1CCCN1C(C)C. The van der Waals surface area contributed by atoms with Crippen molar-refractivity contribution in [2.45, 2.75) is 52.6 Å². The van der Waals surface area contributed by atoms with Crippen molar-refractivity contribution in [1.29, 1.82) is 0 Å². The van der Waals surface area contributed by atoms with Crippen LogP contribution in [0.5, 0.6) is 0 Å². The van der Waals surface area contributed by atoms with Crippen LogP contribution in [0.2, 0.25) is 0 Å². The molecule has 0 radical (unpaired) electrons. The summed E-state index contributed by atoms with van der Waals surface area (Å²) in [5.74, 6) is 0. The first-order valence-electron chi connectivity index (χ1n) is 5.34. The van der Waals surface area contributed by atoms with Crippen LogP contribution in [0.1, 0.15) is 40.5 Å². The second-order valence-corrected chi connectivity index (χ2v) is 4.42. The number of aliphatic imine (C=N–C) groups is 1. The smallest absolute Gasteiger partial charge is 0.0544 e. The van der Waals surface area contributed by atoms with Crippen molar-refractivity contribution in [2.75, 3.05) is 13.1 Å². The molecule has 1 atom stereocenters. The van der Waals surface area contributed by atoms with Gasteiger partial charge in [-0.1, -0.05) is 0 Å². The first kappa shape index (κ1) is 10.7. The highest BCUT2D eigenvalue weighted by atomic mass is 15.2. The van der Waals surface area contributed by atoms with E-state index in [4.69, 9.17) is 0 Å². The Morgan fingerprint density at radius 2 is 2.15 bits per heavy atom. The Morgan fingerprint density at radius 3 is 2.69 bits per heavy atom. The van der Waals surface area contributed by atoms with Crippen molar-refractivity contribution >= 4 is 5.71 Å². The van der Waals surface area contributed by atoms with E-state index in [9.17, 15) is 0 Å². The van der Waals surface area contributed by atoms with E-state index in [1.54, 1.807) is 0 Å². The lowest BCUT2D eigenvalue weighted by Crippen LogP contribution is -2.37. The molecule has 0 N–H and O–H groups in total. The molecule has 1 unspecified atom stereocenters. The van der Waals surface area contributed by atoms with Gasteiger partial charge in [-0.05, 0) is 47.1 Å². The predicted molar refractivity (Wildman–Crippen MR) is 58.5 cm³/mol. The summed E-state index contributed by atoms with van der Waals surface area (Å²) in [5, 5.41) is 0. The second kappa shape index (κ2) is 4.75. The quantitative estimate of drug-likeness (QED) is 0.612. The van der Waals surface area contributed by atoms with Crippen LogP contribution in [0.4, 0.5) is 0 Å². The van der Waals surface area contributed by atoms with E-state index < -0.39 is 0 Å². The Hall–Kier alpha value is -0.370. The van der Waals surface area contributed by atoms with E-state index in [0.717, 1.165) is 6.54 Å². The van der Waals surface area contributed by atoms with Gasteiger partial charge in [0.25, 0.3) is 0 Å². The predicted octanol–water partition coefficient (Wildman–Crippen LogP) is 2.34. The van der Waals surface area contributed by atoms with Crippen LogP contribution in [-0.4, -0.2) is 35.8 Å². The fourth-order valence-electron chi connectivity index (χ4n) is 2.02. The lowest BCUT2D eigenvalue weighted by molar-refractivity contribution is 0.208. The topological polar surface area (TPSA) is 15.6 Å². The third kappa shape index (κ3) is 3.11. The maximum Gasteiger partial charge on any atom is 0.0544 e. The molecule has 0 spiro atoms. The molecule has 13 heavy (non-hydrogen) atoms. The highest BCUT2D eigenvalue weighted by Crippen LogP contribution is 2.19. The summed E-state index contributed by atoms with van der Waals surface area (Å²) in [6, 6.07) is 1.38. The first-order chi connectivity index (χ1) is 6.11. The van der Waals surface area contributed by atoms with Crippen LogP contribution in [0.3, 0.4) is 0 Å². The van der Waals surface area contributed by atoms with Crippen LogP contribution in [0.25, 0.3) is 0 Å². The summed E-state index contributed by atoms with van der Waals surface area (Å²) in [4.78, 5) is 7.09. The van der Waals surface area contributed by atoms with Gasteiger partial charge >= 0.3 is 0 Å². The summed E-state index contributed by atoms with van der Waals surface area (Å²) in [7, 11) is 0. The Balaban J connectivity index is 2.44. The van der Waals surface area contributed by atoms with Gasteiger partial charge in [0, 0.05) is 17.8 Å². The number of likely N-dealkylation sites (tertiary alicyclic amines) is 1. The Labute approximate surface area is 82.0 Å². The zero-order valence-electron chi connectivity index (χ0n) is 9.38. The van der Waals surface area contributed by atoms with Crippen molar-refractivity contribution in [1.82, 2.24) is 4.90 Å². The van der Waals surface area contributed by atoms with Gasteiger partial charge in [-0.15, -0.1) is 0 Å². The van der Waals surface area contributed by atoms with Gasteiger partial charge in [-0.3, -0.25) is 9.89 Å². The number of hydrogen-bond donors (Lipinski definition) is 0. The fourth-order valence-corrected chi connectivity index (χ4v) is 2.02. The lowest BCUT2D eigenvalue weighted by Gasteiger charge is -2.27. The third-order valence-corrected chi connectivity index (χ3v) is 2.70. The van der Waals surface area contributed by atoms with E-state index >= 15 is 0 Å². The zero-order chi connectivity index (χ0) is 9.84. The Kier molecular flexibility index (Phi) is 3.91. The molecule has 0 bridgehead atoms. The van der Waals surface area contributed by atoms with Crippen LogP contribution in [0.15, 0.2) is 4.99 Å². The number of hydrogen-bond acceptors (Lipinski definition) is 2. The van der Waals surface area contributed by atoms with Crippen LogP contribution in [0, 0.1) is 0 Å². The molecule has 1 rings (SSSR count). The molecule has 2 heteroatoms. The summed E-state index contributed by atoms with van der Waals surface area (Å²) in [6.45, 7) is 11.0. The minimum atomic E-state index is 0.680. The van der Waals surface area contributed by atoms with Gasteiger partial charge in [-0.2, -0.15) is 0 Å². The number of rotatable bonds is 3. The van der Waals surface area contributed by atoms with Crippen LogP contribution < -0.4 is 0 Å². The van der Waals surface area contributed by atoms with Gasteiger partial charge < -0.3 is 0 Å². The van der Waals surface area contributed by atoms with Crippen molar-refractivity contribution in [3.8, 4) is 0 Å². The molecule has 1 aliphatic rings. The van der Waals surface area contributed by atoms with Gasteiger partial charge in [0.05, 0.1) is 6.54 Å². The Morgan fingerprint density at radius 1 is 1.46 bits per heavy atom. The van der Waals surface area contributed by atoms with E-state index in [0.29, 0.717) is 12.1 Å². The molecule has 0 aliphatic carbocycles. The van der Waals surface area contributed by atoms with Crippen molar-refractivity contribution in [3.05, 3.63) is 0 Å². The molecule has 2 nitrogen and oxygen atoms in total. The molecule has 76 valence electrons. The van der Waals surface area contributed by atoms with E-state index in [1.165, 1.54) is 25.1 Å². The van der Waals surface area contributed by atoms with Gasteiger partial charge in [-0.25, -0.2) is 0 Å². The summed E-state index contributed by atoms with van der Waals surface area (Å²) in [5.41, 5.74) is 1.20. The molecule has 0 aromatic carbocycles. The molecule has 1 fully saturated rings. The molecular formula is C11H22N2. The summed E-state index contributed by atoms with van der Waals surface area (Å²) in [6.07, 6.45) is 2.68. The largest absolute Gasteiger partial charge is 0.296 e. The van der Waals surface area contributed by atoms with Crippen molar-refractivity contribution < 1.29 is 0 Å². The van der Waals surface area contributed by atoms with Crippen molar-refractivity contribution in [2.24, 2.45) is 4.99 Å². The monoisotopic (exact) mass is 182 g/mol. The van der Waals surface area contributed by atoms with Crippen LogP contribution in [-0.2, 0) is 0 Å². The lowest BCUT2D eigenvalue weighted by atomic mass is 10.2. The third-order valence-electron chi connectivity index (χ3n) is 2.70. The fraction of sp³-hybridized carbons (Fsp3) is 0.909. The maximum atomic E-state index is 4.51. The molecule has 0 aromatic rings. The first-order valence-corrected chi connectivity index (χ1v) is 5.34. The maximum absolute atomic E-state index is 4.51. The Bertz CT molecular complexity index is 181. The molecule has 1 aliphatic heterocycles. The summed E-state index contributed by atoms with van der Waals surface area (Å²) >= 11 is 0. The molecule has 1 saturated heterocycles. The molecule has 1 heterocycles. The normalized spacial score (nSPS) is 23.9. The zero-order valence-corrected chi connectivity index (χ0v) is 9.38. The molecule has 0 saturated carbocycles. The second-order valence-electron chi connectivity index (χ2n) is 4.42. The van der Waals surface area contributed by atoms with Gasteiger partial charge in [0.1, 0.15) is 0 Å². The van der Waals surface area contributed by atoms with Gasteiger partial charge in [0.15, 0.2) is 0 Å². The standard InChI is InChI=1S/C11H22N2/c1-9(2)12-8-11-6-5-7-13(11)10(3)4/h10-11H,5-8H2,1-4H3. The highest BCUT2D eigenvalue weighted by molar-refractivity contribution is 5.79. The average Bonchev–Trinajstić information content (AvgIpc) is 2.47. The minimum absolute atomic E-state index is 0.680. The number of nitrogens with zero attached hydrogens (tertiary/aromatic N) is 2. The molecular weight excluding hydrogens is 160 g/mol. The van der Waals surface area contributed by atoms with E-state index in [-0.39, 0.29) is 0 Å². The van der Waals surface area contributed by atoms with E-state index in [1.807, 2.05) is 0 Å².